The summed E-state index contributed by atoms with van der Waals surface area (Å²) in [5, 5.41) is 0. The molecule has 5 rings (SSSR count). The van der Waals surface area contributed by atoms with Gasteiger partial charge in [-0.15, -0.1) is 0 Å². The fraction of sp³-hybridized carbons (Fsp3) is 1.00. The van der Waals surface area contributed by atoms with Crippen molar-refractivity contribution in [3.8, 4) is 0 Å². The molecule has 5 aliphatic carbocycles. The van der Waals surface area contributed by atoms with E-state index in [9.17, 15) is 0 Å². The van der Waals surface area contributed by atoms with Crippen molar-refractivity contribution in [2.24, 2.45) is 68.1 Å². The van der Waals surface area contributed by atoms with Crippen molar-refractivity contribution in [3.05, 3.63) is 0 Å². The Bertz CT molecular complexity index is 765. The number of rotatable bonds is 1. The van der Waals surface area contributed by atoms with E-state index in [2.05, 4.69) is 55.4 Å². The molecule has 5 fully saturated rings. The highest BCUT2D eigenvalue weighted by atomic mass is 14.8. The molecule has 4 N–H and O–H groups in total. The van der Waals surface area contributed by atoms with Crippen LogP contribution in [0.1, 0.15) is 120 Å². The van der Waals surface area contributed by atoms with Gasteiger partial charge in [0, 0.05) is 11.6 Å². The van der Waals surface area contributed by atoms with Crippen molar-refractivity contribution in [1.29, 1.82) is 0 Å². The van der Waals surface area contributed by atoms with Crippen LogP contribution in [0.4, 0.5) is 0 Å². The molecule has 0 spiro atoms. The van der Waals surface area contributed by atoms with Gasteiger partial charge in [-0.05, 0) is 135 Å². The maximum Gasteiger partial charge on any atom is 0.0128 e. The van der Waals surface area contributed by atoms with E-state index < -0.39 is 0 Å². The van der Waals surface area contributed by atoms with Crippen LogP contribution >= 0.6 is 0 Å². The first kappa shape index (κ1) is 23.7. The zero-order chi connectivity index (χ0) is 23.5. The fourth-order valence-corrected chi connectivity index (χ4v) is 11.8. The minimum absolute atomic E-state index is 0.0500. The summed E-state index contributed by atoms with van der Waals surface area (Å²) in [6.45, 7) is 20.5. The molecule has 184 valence electrons. The molecular formula is C30H54N2. The quantitative estimate of drug-likeness (QED) is 0.453. The molecule has 0 amide bonds. The maximum atomic E-state index is 6.88. The van der Waals surface area contributed by atoms with Gasteiger partial charge in [-0.25, -0.2) is 0 Å². The van der Waals surface area contributed by atoms with E-state index in [1.807, 2.05) is 0 Å². The monoisotopic (exact) mass is 442 g/mol. The van der Waals surface area contributed by atoms with Crippen LogP contribution in [0.2, 0.25) is 0 Å². The van der Waals surface area contributed by atoms with Crippen LogP contribution in [0, 0.1) is 56.7 Å². The fourth-order valence-electron chi connectivity index (χ4n) is 11.8. The molecule has 10 atom stereocenters. The Morgan fingerprint density at radius 1 is 0.688 bits per heavy atom. The van der Waals surface area contributed by atoms with Gasteiger partial charge in [0.15, 0.2) is 0 Å². The third kappa shape index (κ3) is 2.78. The molecule has 0 aromatic heterocycles. The molecule has 0 aromatic carbocycles. The normalized spacial score (nSPS) is 57.2. The van der Waals surface area contributed by atoms with E-state index in [-0.39, 0.29) is 11.0 Å². The van der Waals surface area contributed by atoms with E-state index in [0.717, 1.165) is 23.7 Å². The highest BCUT2D eigenvalue weighted by molar-refractivity contribution is 5.20. The van der Waals surface area contributed by atoms with Crippen molar-refractivity contribution >= 4 is 0 Å². The molecule has 0 aromatic rings. The van der Waals surface area contributed by atoms with Gasteiger partial charge in [-0.1, -0.05) is 41.5 Å². The van der Waals surface area contributed by atoms with Crippen molar-refractivity contribution in [2.75, 3.05) is 0 Å². The second-order valence-corrected chi connectivity index (χ2v) is 15.8. The van der Waals surface area contributed by atoms with Crippen LogP contribution in [0.25, 0.3) is 0 Å². The van der Waals surface area contributed by atoms with Crippen LogP contribution < -0.4 is 11.5 Å². The Balaban J connectivity index is 1.54. The molecule has 5 unspecified atom stereocenters. The Morgan fingerprint density at radius 3 is 2.03 bits per heavy atom. The summed E-state index contributed by atoms with van der Waals surface area (Å²) in [6.07, 6.45) is 13.9. The Labute approximate surface area is 199 Å². The van der Waals surface area contributed by atoms with Gasteiger partial charge in [-0.2, -0.15) is 0 Å². The van der Waals surface area contributed by atoms with E-state index in [0.29, 0.717) is 33.6 Å². The molecule has 5 saturated carbocycles. The summed E-state index contributed by atoms with van der Waals surface area (Å²) < 4.78 is 0. The molecule has 2 heteroatoms. The van der Waals surface area contributed by atoms with Crippen molar-refractivity contribution in [1.82, 2.24) is 0 Å². The van der Waals surface area contributed by atoms with Crippen LogP contribution in [0.3, 0.4) is 0 Å². The van der Waals surface area contributed by atoms with Crippen LogP contribution in [-0.4, -0.2) is 11.6 Å². The second kappa shape index (κ2) is 6.77. The van der Waals surface area contributed by atoms with Gasteiger partial charge in [0.25, 0.3) is 0 Å². The van der Waals surface area contributed by atoms with E-state index >= 15 is 0 Å². The summed E-state index contributed by atoms with van der Waals surface area (Å²) >= 11 is 0. The van der Waals surface area contributed by atoms with Crippen LogP contribution in [-0.2, 0) is 0 Å². The van der Waals surface area contributed by atoms with Gasteiger partial charge in [-0.3, -0.25) is 0 Å². The second-order valence-electron chi connectivity index (χ2n) is 15.8. The highest BCUT2D eigenvalue weighted by Crippen LogP contribution is 2.77. The summed E-state index contributed by atoms with van der Waals surface area (Å²) in [5.41, 5.74) is 15.7. The molecule has 2 nitrogen and oxygen atoms in total. The zero-order valence-corrected chi connectivity index (χ0v) is 22.7. The first-order valence-corrected chi connectivity index (χ1v) is 14.2. The third-order valence-electron chi connectivity index (χ3n) is 13.9. The predicted octanol–water partition coefficient (Wildman–Crippen LogP) is 7.15. The van der Waals surface area contributed by atoms with Crippen molar-refractivity contribution in [3.63, 3.8) is 0 Å². The summed E-state index contributed by atoms with van der Waals surface area (Å²) in [6, 6.07) is 0.373. The largest absolute Gasteiger partial charge is 0.327 e. The predicted molar refractivity (Wildman–Crippen MR) is 136 cm³/mol. The van der Waals surface area contributed by atoms with Crippen molar-refractivity contribution in [2.45, 2.75) is 131 Å². The summed E-state index contributed by atoms with van der Waals surface area (Å²) in [4.78, 5) is 0. The average Bonchev–Trinajstić information content (AvgIpc) is 3.04. The molecular weight excluding hydrogens is 388 g/mol. The lowest BCUT2D eigenvalue weighted by Gasteiger charge is -2.73. The van der Waals surface area contributed by atoms with Gasteiger partial charge in [0.05, 0.1) is 0 Å². The summed E-state index contributed by atoms with van der Waals surface area (Å²) in [5.74, 6) is 4.01. The molecule has 0 radical (unpaired) electrons. The Kier molecular flexibility index (Phi) is 5.01. The molecule has 0 aliphatic heterocycles. The van der Waals surface area contributed by atoms with Gasteiger partial charge in [0.2, 0.25) is 0 Å². The van der Waals surface area contributed by atoms with Crippen LogP contribution in [0.15, 0.2) is 0 Å². The van der Waals surface area contributed by atoms with Gasteiger partial charge >= 0.3 is 0 Å². The number of hydrogen-bond acceptors (Lipinski definition) is 2. The van der Waals surface area contributed by atoms with E-state index in [1.165, 1.54) is 64.2 Å². The molecule has 5 aliphatic rings. The number of nitrogens with two attached hydrogens (primary N) is 2. The summed E-state index contributed by atoms with van der Waals surface area (Å²) in [7, 11) is 0. The molecule has 0 bridgehead atoms. The smallest absolute Gasteiger partial charge is 0.0128 e. The third-order valence-corrected chi connectivity index (χ3v) is 13.9. The van der Waals surface area contributed by atoms with E-state index in [4.69, 9.17) is 11.5 Å². The Hall–Kier alpha value is -0.0800. The molecule has 0 saturated heterocycles. The lowest BCUT2D eigenvalue weighted by molar-refractivity contribution is -0.239. The highest BCUT2D eigenvalue weighted by Gasteiger charge is 2.70. The lowest BCUT2D eigenvalue weighted by atomic mass is 9.32. The molecule has 32 heavy (non-hydrogen) atoms. The van der Waals surface area contributed by atoms with Gasteiger partial charge < -0.3 is 11.5 Å². The minimum atomic E-state index is -0.0500. The standard InChI is InChI=1S/C30H54N2/c1-25(2)21-12-16-30(8)22(28(21,6)15-13-23(25)31)10-9-20-24-19(26(3,4)32)11-14-27(24,5)17-18-29(20,30)7/h19-24H,9-18,31-32H2,1-8H3/t19?,20?,21?,22?,23-,24?,27-,28-,29+,30+/m0/s1. The number of fused-ring (bicyclic) bond motifs is 7. The van der Waals surface area contributed by atoms with Crippen LogP contribution in [0.5, 0.6) is 0 Å². The van der Waals surface area contributed by atoms with E-state index in [1.54, 1.807) is 0 Å². The van der Waals surface area contributed by atoms with Crippen molar-refractivity contribution < 1.29 is 0 Å². The lowest BCUT2D eigenvalue weighted by Crippen LogP contribution is -2.67. The van der Waals surface area contributed by atoms with Gasteiger partial charge in [0.1, 0.15) is 0 Å². The zero-order valence-electron chi connectivity index (χ0n) is 22.7. The minimum Gasteiger partial charge on any atom is -0.327 e. The number of hydrogen-bond donors (Lipinski definition) is 2. The average molecular weight is 443 g/mol. The topological polar surface area (TPSA) is 52.0 Å². The SMILES string of the molecule is CC(C)(N)C1CC[C@@]2(C)CC[C@]3(C)C(CCC4[C@@]5(C)CC[C@H](N)C(C)(C)C5CC[C@]43C)C12. The Morgan fingerprint density at radius 2 is 1.38 bits per heavy atom. The first-order chi connectivity index (χ1) is 14.6. The maximum absolute atomic E-state index is 6.88. The first-order valence-electron chi connectivity index (χ1n) is 14.2. The molecule has 0 heterocycles.